The van der Waals surface area contributed by atoms with Gasteiger partial charge in [0.15, 0.2) is 0 Å². The van der Waals surface area contributed by atoms with Crippen molar-refractivity contribution in [1.82, 2.24) is 9.97 Å². The van der Waals surface area contributed by atoms with Crippen LogP contribution in [0.4, 0.5) is 0 Å². The third-order valence-electron chi connectivity index (χ3n) is 2.02. The molecule has 88 valence electrons. The molecule has 1 unspecified atom stereocenters. The molecule has 0 bridgehead atoms. The molecule has 1 aromatic heterocycles. The van der Waals surface area contributed by atoms with Gasteiger partial charge in [-0.2, -0.15) is 4.98 Å². The fraction of sp³-hybridized carbons (Fsp3) is 0.545. The van der Waals surface area contributed by atoms with Crippen molar-refractivity contribution in [2.75, 3.05) is 0 Å². The second-order valence-electron chi connectivity index (χ2n) is 4.20. The summed E-state index contributed by atoms with van der Waals surface area (Å²) in [5, 5.41) is 7.26. The van der Waals surface area contributed by atoms with E-state index in [1.165, 1.54) is 0 Å². The van der Waals surface area contributed by atoms with Gasteiger partial charge in [0, 0.05) is 6.20 Å². The number of hydrogen-bond donors (Lipinski definition) is 2. The van der Waals surface area contributed by atoms with Crippen LogP contribution in [0.5, 0.6) is 6.01 Å². The van der Waals surface area contributed by atoms with Crippen molar-refractivity contribution in [2.45, 2.75) is 33.3 Å². The second-order valence-corrected chi connectivity index (χ2v) is 4.20. The smallest absolute Gasteiger partial charge is 0.317 e. The Hall–Kier alpha value is -1.65. The first kappa shape index (κ1) is 12.4. The van der Waals surface area contributed by atoms with E-state index in [4.69, 9.17) is 15.9 Å². The molecule has 1 heterocycles. The fourth-order valence-corrected chi connectivity index (χ4v) is 1.44. The average Bonchev–Trinajstić information content (AvgIpc) is 2.16. The van der Waals surface area contributed by atoms with Crippen molar-refractivity contribution in [2.24, 2.45) is 11.7 Å². The lowest BCUT2D eigenvalue weighted by molar-refractivity contribution is 0.177. The summed E-state index contributed by atoms with van der Waals surface area (Å²) in [7, 11) is 0. The lowest BCUT2D eigenvalue weighted by atomic mass is 10.1. The van der Waals surface area contributed by atoms with E-state index in [-0.39, 0.29) is 18.0 Å². The van der Waals surface area contributed by atoms with Gasteiger partial charge in [-0.05, 0) is 25.3 Å². The Morgan fingerprint density at radius 1 is 1.50 bits per heavy atom. The van der Waals surface area contributed by atoms with Crippen LogP contribution in [0.2, 0.25) is 0 Å². The third kappa shape index (κ3) is 3.84. The van der Waals surface area contributed by atoms with Crippen LogP contribution in [0.25, 0.3) is 0 Å². The Kier molecular flexibility index (Phi) is 4.22. The molecule has 0 saturated carbocycles. The molecular weight excluding hydrogens is 204 g/mol. The summed E-state index contributed by atoms with van der Waals surface area (Å²) in [5.41, 5.74) is 5.72. The van der Waals surface area contributed by atoms with Gasteiger partial charge in [0.1, 0.15) is 11.5 Å². The summed E-state index contributed by atoms with van der Waals surface area (Å²) in [6.45, 7) is 6.24. The minimum Gasteiger partial charge on any atom is -0.460 e. The van der Waals surface area contributed by atoms with Gasteiger partial charge in [-0.25, -0.2) is 4.98 Å². The standard InChI is InChI=1S/C11H18N4O/c1-7(2)6-8(3)16-11-14-5-4-9(15-11)10(12)13/h4-5,7-8H,6H2,1-3H3,(H3,12,13). The zero-order chi connectivity index (χ0) is 12.1. The SMILES string of the molecule is CC(C)CC(C)Oc1nccc(C(=N)N)n1. The second kappa shape index (κ2) is 5.44. The molecule has 0 spiro atoms. The van der Waals surface area contributed by atoms with Crippen molar-refractivity contribution in [3.63, 3.8) is 0 Å². The van der Waals surface area contributed by atoms with Crippen LogP contribution in [0.1, 0.15) is 32.9 Å². The van der Waals surface area contributed by atoms with Crippen LogP contribution in [-0.4, -0.2) is 21.9 Å². The largest absolute Gasteiger partial charge is 0.460 e. The first-order chi connectivity index (χ1) is 7.49. The lowest BCUT2D eigenvalue weighted by Crippen LogP contribution is -2.18. The van der Waals surface area contributed by atoms with E-state index in [2.05, 4.69) is 23.8 Å². The maximum Gasteiger partial charge on any atom is 0.317 e. The number of rotatable bonds is 5. The van der Waals surface area contributed by atoms with Crippen LogP contribution in [-0.2, 0) is 0 Å². The Bertz CT molecular complexity index is 365. The first-order valence-corrected chi connectivity index (χ1v) is 5.33. The van der Waals surface area contributed by atoms with E-state index in [0.29, 0.717) is 11.6 Å². The van der Waals surface area contributed by atoms with Crippen LogP contribution in [0, 0.1) is 11.3 Å². The molecule has 5 nitrogen and oxygen atoms in total. The van der Waals surface area contributed by atoms with Gasteiger partial charge in [0.05, 0.1) is 6.10 Å². The molecule has 0 aliphatic heterocycles. The molecule has 0 aromatic carbocycles. The highest BCUT2D eigenvalue weighted by Crippen LogP contribution is 2.11. The number of nitrogens with zero attached hydrogens (tertiary/aromatic N) is 2. The van der Waals surface area contributed by atoms with Crippen LogP contribution in [0.15, 0.2) is 12.3 Å². The summed E-state index contributed by atoms with van der Waals surface area (Å²) in [6.07, 6.45) is 2.54. The van der Waals surface area contributed by atoms with Gasteiger partial charge in [-0.3, -0.25) is 5.41 Å². The number of aromatic nitrogens is 2. The molecule has 0 aliphatic carbocycles. The molecule has 3 N–H and O–H groups in total. The zero-order valence-corrected chi connectivity index (χ0v) is 9.90. The molecule has 1 rings (SSSR count). The Morgan fingerprint density at radius 3 is 2.75 bits per heavy atom. The van der Waals surface area contributed by atoms with Crippen LogP contribution in [0.3, 0.4) is 0 Å². The molecule has 0 saturated heterocycles. The molecular formula is C11H18N4O. The van der Waals surface area contributed by atoms with E-state index in [0.717, 1.165) is 6.42 Å². The monoisotopic (exact) mass is 222 g/mol. The quantitative estimate of drug-likeness (QED) is 0.585. The number of nitrogens with two attached hydrogens (primary N) is 1. The highest BCUT2D eigenvalue weighted by Gasteiger charge is 2.09. The van der Waals surface area contributed by atoms with E-state index < -0.39 is 0 Å². The predicted molar refractivity (Wildman–Crippen MR) is 62.6 cm³/mol. The van der Waals surface area contributed by atoms with Crippen LogP contribution >= 0.6 is 0 Å². The van der Waals surface area contributed by atoms with Gasteiger partial charge >= 0.3 is 6.01 Å². The molecule has 0 fully saturated rings. The Morgan fingerprint density at radius 2 is 2.19 bits per heavy atom. The van der Waals surface area contributed by atoms with Crippen molar-refractivity contribution in [3.8, 4) is 6.01 Å². The topological polar surface area (TPSA) is 84.9 Å². The van der Waals surface area contributed by atoms with E-state index >= 15 is 0 Å². The molecule has 1 atom stereocenters. The van der Waals surface area contributed by atoms with E-state index in [1.807, 2.05) is 6.92 Å². The predicted octanol–water partition coefficient (Wildman–Crippen LogP) is 1.57. The highest BCUT2D eigenvalue weighted by atomic mass is 16.5. The van der Waals surface area contributed by atoms with Gasteiger partial charge < -0.3 is 10.5 Å². The summed E-state index contributed by atoms with van der Waals surface area (Å²) in [6, 6.07) is 1.86. The fourth-order valence-electron chi connectivity index (χ4n) is 1.44. The zero-order valence-electron chi connectivity index (χ0n) is 9.90. The number of nitrogen functional groups attached to an aromatic ring is 1. The maximum atomic E-state index is 7.26. The van der Waals surface area contributed by atoms with Gasteiger partial charge in [-0.1, -0.05) is 13.8 Å². The average molecular weight is 222 g/mol. The third-order valence-corrected chi connectivity index (χ3v) is 2.02. The van der Waals surface area contributed by atoms with E-state index in [1.54, 1.807) is 12.3 Å². The van der Waals surface area contributed by atoms with Crippen LogP contribution < -0.4 is 10.5 Å². The number of nitrogens with one attached hydrogen (secondary N) is 1. The Labute approximate surface area is 95.6 Å². The lowest BCUT2D eigenvalue weighted by Gasteiger charge is -2.15. The molecule has 0 aliphatic rings. The first-order valence-electron chi connectivity index (χ1n) is 5.33. The molecule has 16 heavy (non-hydrogen) atoms. The minimum atomic E-state index is -0.0798. The van der Waals surface area contributed by atoms with Crippen molar-refractivity contribution < 1.29 is 4.74 Å². The van der Waals surface area contributed by atoms with Crippen molar-refractivity contribution in [1.29, 1.82) is 5.41 Å². The van der Waals surface area contributed by atoms with Gasteiger partial charge in [-0.15, -0.1) is 0 Å². The number of amidine groups is 1. The Balaban J connectivity index is 2.66. The minimum absolute atomic E-state index is 0.0576. The molecule has 0 radical (unpaired) electrons. The van der Waals surface area contributed by atoms with Gasteiger partial charge in [0.25, 0.3) is 0 Å². The van der Waals surface area contributed by atoms with Gasteiger partial charge in [0.2, 0.25) is 0 Å². The van der Waals surface area contributed by atoms with Crippen molar-refractivity contribution >= 4 is 5.84 Å². The summed E-state index contributed by atoms with van der Waals surface area (Å²) < 4.78 is 5.54. The van der Waals surface area contributed by atoms with Crippen molar-refractivity contribution in [3.05, 3.63) is 18.0 Å². The highest BCUT2D eigenvalue weighted by molar-refractivity contribution is 5.92. The summed E-state index contributed by atoms with van der Waals surface area (Å²) in [5.74, 6) is 0.481. The number of ether oxygens (including phenoxy) is 1. The molecule has 0 amide bonds. The molecule has 1 aromatic rings. The van der Waals surface area contributed by atoms with E-state index in [9.17, 15) is 0 Å². The normalized spacial score (nSPS) is 12.5. The maximum absolute atomic E-state index is 7.26. The summed E-state index contributed by atoms with van der Waals surface area (Å²) in [4.78, 5) is 8.02. The molecule has 5 heteroatoms. The summed E-state index contributed by atoms with van der Waals surface area (Å²) >= 11 is 0. The number of hydrogen-bond acceptors (Lipinski definition) is 4.